The summed E-state index contributed by atoms with van der Waals surface area (Å²) in [6, 6.07) is 7.31. The number of nitrogens with two attached hydrogens (primary N) is 1. The minimum Gasteiger partial charge on any atom is -0.494 e. The molecule has 112 valence electrons. The first-order valence-electron chi connectivity index (χ1n) is 6.16. The molecule has 1 amide bonds. The van der Waals surface area contributed by atoms with Gasteiger partial charge in [-0.15, -0.1) is 0 Å². The molecule has 1 aromatic carbocycles. The molecule has 0 fully saturated rings. The van der Waals surface area contributed by atoms with E-state index in [0.29, 0.717) is 18.8 Å². The monoisotopic (exact) mass is 350 g/mol. The summed E-state index contributed by atoms with van der Waals surface area (Å²) in [5.74, 6) is -2.80. The highest BCUT2D eigenvalue weighted by atomic mass is 79.9. The van der Waals surface area contributed by atoms with Crippen LogP contribution in [0.1, 0.15) is 12.8 Å². The van der Waals surface area contributed by atoms with Crippen LogP contribution in [0.3, 0.4) is 0 Å². The van der Waals surface area contributed by atoms with E-state index in [9.17, 15) is 13.6 Å². The van der Waals surface area contributed by atoms with Crippen molar-refractivity contribution < 1.29 is 18.3 Å². The summed E-state index contributed by atoms with van der Waals surface area (Å²) in [7, 11) is 0. The molecule has 0 spiro atoms. The Kier molecular flexibility index (Phi) is 6.87. The molecule has 0 unspecified atom stereocenters. The van der Waals surface area contributed by atoms with E-state index in [1.54, 1.807) is 6.07 Å². The summed E-state index contributed by atoms with van der Waals surface area (Å²) in [5, 5.41) is 2.15. The van der Waals surface area contributed by atoms with Gasteiger partial charge in [0.15, 0.2) is 0 Å². The van der Waals surface area contributed by atoms with Crippen molar-refractivity contribution in [3.05, 3.63) is 28.7 Å². The van der Waals surface area contributed by atoms with Gasteiger partial charge in [0.05, 0.1) is 19.7 Å². The van der Waals surface area contributed by atoms with Crippen LogP contribution < -0.4 is 15.8 Å². The SMILES string of the molecule is NCC(F)(F)CNC(=O)CCCOc1cccc(Br)c1. The van der Waals surface area contributed by atoms with E-state index in [4.69, 9.17) is 10.5 Å². The van der Waals surface area contributed by atoms with Crippen molar-refractivity contribution in [3.8, 4) is 5.75 Å². The molecule has 0 aliphatic carbocycles. The number of carbonyl (C=O) groups is 1. The second-order valence-corrected chi connectivity index (χ2v) is 5.16. The summed E-state index contributed by atoms with van der Waals surface area (Å²) in [6.45, 7) is -1.16. The fourth-order valence-electron chi connectivity index (χ4n) is 1.37. The largest absolute Gasteiger partial charge is 0.494 e. The predicted octanol–water partition coefficient (Wildman–Crippen LogP) is 2.32. The number of ether oxygens (including phenoxy) is 1. The predicted molar refractivity (Wildman–Crippen MR) is 75.9 cm³/mol. The number of amides is 1. The Morgan fingerprint density at radius 3 is 2.85 bits per heavy atom. The zero-order chi connectivity index (χ0) is 15.0. The molecule has 3 N–H and O–H groups in total. The molecular formula is C13H17BrF2N2O2. The van der Waals surface area contributed by atoms with Gasteiger partial charge in [-0.3, -0.25) is 4.79 Å². The standard InChI is InChI=1S/C13H17BrF2N2O2/c14-10-3-1-4-11(7-10)20-6-2-5-12(19)18-9-13(15,16)8-17/h1,3-4,7H,2,5-6,8-9,17H2,(H,18,19). The van der Waals surface area contributed by atoms with E-state index in [1.165, 1.54) is 0 Å². The van der Waals surface area contributed by atoms with E-state index in [1.807, 2.05) is 18.2 Å². The highest BCUT2D eigenvalue weighted by Crippen LogP contribution is 2.17. The maximum Gasteiger partial charge on any atom is 0.277 e. The second kappa shape index (κ2) is 8.16. The highest BCUT2D eigenvalue weighted by molar-refractivity contribution is 9.10. The lowest BCUT2D eigenvalue weighted by Gasteiger charge is -2.14. The maximum absolute atomic E-state index is 12.8. The number of alkyl halides is 2. The highest BCUT2D eigenvalue weighted by Gasteiger charge is 2.26. The van der Waals surface area contributed by atoms with Gasteiger partial charge in [0.1, 0.15) is 5.75 Å². The van der Waals surface area contributed by atoms with Gasteiger partial charge in [-0.05, 0) is 24.6 Å². The topological polar surface area (TPSA) is 64.3 Å². The zero-order valence-corrected chi connectivity index (χ0v) is 12.5. The zero-order valence-electron chi connectivity index (χ0n) is 10.9. The minimum atomic E-state index is -3.05. The lowest BCUT2D eigenvalue weighted by atomic mass is 10.3. The molecule has 1 aromatic rings. The lowest BCUT2D eigenvalue weighted by molar-refractivity contribution is -0.123. The Morgan fingerprint density at radius 2 is 2.20 bits per heavy atom. The summed E-state index contributed by atoms with van der Waals surface area (Å²) in [5.41, 5.74) is 4.87. The van der Waals surface area contributed by atoms with E-state index < -0.39 is 24.9 Å². The van der Waals surface area contributed by atoms with Crippen LogP contribution in [-0.2, 0) is 4.79 Å². The summed E-state index contributed by atoms with van der Waals surface area (Å²) in [6.07, 6.45) is 0.585. The Bertz CT molecular complexity index is 444. The maximum atomic E-state index is 12.8. The van der Waals surface area contributed by atoms with Crippen molar-refractivity contribution in [2.24, 2.45) is 5.73 Å². The molecule has 0 radical (unpaired) electrons. The Balaban J connectivity index is 2.16. The van der Waals surface area contributed by atoms with Crippen LogP contribution in [0.15, 0.2) is 28.7 Å². The smallest absolute Gasteiger partial charge is 0.277 e. The van der Waals surface area contributed by atoms with Crippen LogP contribution in [0.25, 0.3) is 0 Å². The van der Waals surface area contributed by atoms with Crippen LogP contribution in [-0.4, -0.2) is 31.5 Å². The van der Waals surface area contributed by atoms with Gasteiger partial charge in [0.25, 0.3) is 5.92 Å². The quantitative estimate of drug-likeness (QED) is 0.707. The van der Waals surface area contributed by atoms with E-state index in [0.717, 1.165) is 4.47 Å². The number of nitrogens with one attached hydrogen (secondary N) is 1. The lowest BCUT2D eigenvalue weighted by Crippen LogP contribution is -2.41. The van der Waals surface area contributed by atoms with Crippen molar-refractivity contribution in [2.45, 2.75) is 18.8 Å². The number of benzene rings is 1. The van der Waals surface area contributed by atoms with Gasteiger partial charge in [0.2, 0.25) is 5.91 Å². The first kappa shape index (κ1) is 16.8. The van der Waals surface area contributed by atoms with Gasteiger partial charge in [-0.1, -0.05) is 22.0 Å². The molecular weight excluding hydrogens is 334 g/mol. The fraction of sp³-hybridized carbons (Fsp3) is 0.462. The van der Waals surface area contributed by atoms with E-state index in [2.05, 4.69) is 21.2 Å². The summed E-state index contributed by atoms with van der Waals surface area (Å²) < 4.78 is 31.9. The second-order valence-electron chi connectivity index (χ2n) is 4.25. The van der Waals surface area contributed by atoms with Gasteiger partial charge < -0.3 is 15.8 Å². The molecule has 0 saturated heterocycles. The number of hydrogen-bond donors (Lipinski definition) is 2. The van der Waals surface area contributed by atoms with Crippen LogP contribution in [0.5, 0.6) is 5.75 Å². The van der Waals surface area contributed by atoms with Crippen LogP contribution in [0.2, 0.25) is 0 Å². The third-order valence-electron chi connectivity index (χ3n) is 2.46. The fourth-order valence-corrected chi connectivity index (χ4v) is 1.75. The number of halogens is 3. The Hall–Kier alpha value is -1.21. The van der Waals surface area contributed by atoms with Crippen LogP contribution >= 0.6 is 15.9 Å². The minimum absolute atomic E-state index is 0.134. The Morgan fingerprint density at radius 1 is 1.45 bits per heavy atom. The molecule has 0 bridgehead atoms. The third-order valence-corrected chi connectivity index (χ3v) is 2.95. The van der Waals surface area contributed by atoms with Gasteiger partial charge >= 0.3 is 0 Å². The van der Waals surface area contributed by atoms with Gasteiger partial charge in [-0.25, -0.2) is 8.78 Å². The number of rotatable bonds is 8. The molecule has 0 heterocycles. The van der Waals surface area contributed by atoms with E-state index >= 15 is 0 Å². The first-order valence-corrected chi connectivity index (χ1v) is 6.95. The van der Waals surface area contributed by atoms with Gasteiger partial charge in [0, 0.05) is 10.9 Å². The molecule has 0 atom stereocenters. The van der Waals surface area contributed by atoms with Crippen LogP contribution in [0.4, 0.5) is 8.78 Å². The van der Waals surface area contributed by atoms with E-state index in [-0.39, 0.29) is 6.42 Å². The molecule has 7 heteroatoms. The summed E-state index contributed by atoms with van der Waals surface area (Å²) >= 11 is 3.31. The normalized spacial score (nSPS) is 11.2. The average Bonchev–Trinajstić information content (AvgIpc) is 2.42. The molecule has 0 aliphatic rings. The van der Waals surface area contributed by atoms with Crippen molar-refractivity contribution in [1.29, 1.82) is 0 Å². The van der Waals surface area contributed by atoms with Crippen molar-refractivity contribution in [3.63, 3.8) is 0 Å². The van der Waals surface area contributed by atoms with Crippen molar-refractivity contribution in [2.75, 3.05) is 19.7 Å². The van der Waals surface area contributed by atoms with Crippen molar-refractivity contribution in [1.82, 2.24) is 5.32 Å². The van der Waals surface area contributed by atoms with Crippen molar-refractivity contribution >= 4 is 21.8 Å². The van der Waals surface area contributed by atoms with Gasteiger partial charge in [-0.2, -0.15) is 0 Å². The number of hydrogen-bond acceptors (Lipinski definition) is 3. The Labute approximate surface area is 124 Å². The van der Waals surface area contributed by atoms with Crippen LogP contribution in [0, 0.1) is 0 Å². The molecule has 4 nitrogen and oxygen atoms in total. The summed E-state index contributed by atoms with van der Waals surface area (Å²) in [4.78, 5) is 11.3. The average molecular weight is 351 g/mol. The molecule has 0 saturated carbocycles. The molecule has 0 aromatic heterocycles. The molecule has 0 aliphatic heterocycles. The first-order chi connectivity index (χ1) is 9.43. The molecule has 1 rings (SSSR count). The third kappa shape index (κ3) is 6.81. The molecule has 20 heavy (non-hydrogen) atoms. The number of carbonyl (C=O) groups excluding carboxylic acids is 1.